The van der Waals surface area contributed by atoms with Crippen molar-refractivity contribution in [2.45, 2.75) is 13.3 Å². The van der Waals surface area contributed by atoms with E-state index in [0.717, 1.165) is 0 Å². The molecule has 58 valence electrons. The molecule has 0 unspecified atom stereocenters. The van der Waals surface area contributed by atoms with E-state index in [0.29, 0.717) is 5.57 Å². The quantitative estimate of drug-likeness (QED) is 0.448. The van der Waals surface area contributed by atoms with Crippen LogP contribution in [0.4, 0.5) is 8.78 Å². The Hall–Kier alpha value is -0.930. The summed E-state index contributed by atoms with van der Waals surface area (Å²) in [6, 6.07) is 0. The van der Waals surface area contributed by atoms with Gasteiger partial charge in [0.2, 0.25) is 0 Å². The van der Waals surface area contributed by atoms with E-state index in [1.165, 1.54) is 0 Å². The lowest BCUT2D eigenvalue weighted by Gasteiger charge is -2.01. The Morgan fingerprint density at radius 3 is 2.50 bits per heavy atom. The number of esters is 1. The Kier molecular flexibility index (Phi) is 3.61. The first-order valence-electron chi connectivity index (χ1n) is 2.63. The van der Waals surface area contributed by atoms with E-state index in [-0.39, 0.29) is 6.61 Å². The van der Waals surface area contributed by atoms with Crippen LogP contribution in [0.3, 0.4) is 0 Å². The van der Waals surface area contributed by atoms with Crippen molar-refractivity contribution in [1.82, 2.24) is 0 Å². The Bertz CT molecular complexity index is 143. The molecule has 0 fully saturated rings. The van der Waals surface area contributed by atoms with Crippen molar-refractivity contribution in [2.75, 3.05) is 6.61 Å². The highest BCUT2D eigenvalue weighted by atomic mass is 19.3. The van der Waals surface area contributed by atoms with Crippen molar-refractivity contribution in [2.24, 2.45) is 0 Å². The van der Waals surface area contributed by atoms with Crippen LogP contribution in [-0.4, -0.2) is 19.0 Å². The van der Waals surface area contributed by atoms with Crippen molar-refractivity contribution in [3.8, 4) is 0 Å². The monoisotopic (exact) mass is 150 g/mol. The zero-order valence-electron chi connectivity index (χ0n) is 5.56. The van der Waals surface area contributed by atoms with Crippen LogP contribution >= 0.6 is 0 Å². The molecule has 0 saturated heterocycles. The van der Waals surface area contributed by atoms with Gasteiger partial charge in [-0.05, 0) is 12.5 Å². The number of alkyl halides is 2. The summed E-state index contributed by atoms with van der Waals surface area (Å²) in [4.78, 5) is 10.0. The van der Waals surface area contributed by atoms with Gasteiger partial charge in [0.1, 0.15) is 6.61 Å². The predicted octanol–water partition coefficient (Wildman–Crippen LogP) is 1.37. The first-order valence-corrected chi connectivity index (χ1v) is 2.63. The molecule has 0 heterocycles. The highest BCUT2D eigenvalue weighted by Gasteiger charge is 2.15. The molecule has 0 atom stereocenters. The molecule has 0 radical (unpaired) electrons. The van der Waals surface area contributed by atoms with Gasteiger partial charge >= 0.3 is 12.4 Å². The molecule has 0 rings (SSSR count). The van der Waals surface area contributed by atoms with Gasteiger partial charge in [0.05, 0.1) is 0 Å². The number of ether oxygens (including phenoxy) is 1. The largest absolute Gasteiger partial charge is 0.457 e. The molecule has 0 spiro atoms. The average Bonchev–Trinajstić information content (AvgIpc) is 1.82. The van der Waals surface area contributed by atoms with Crippen LogP contribution < -0.4 is 0 Å². The van der Waals surface area contributed by atoms with Crippen molar-refractivity contribution in [3.05, 3.63) is 12.2 Å². The standard InChI is InChI=1S/C6H8F2O2/c1-4(2)3-10-6(9)5(7)8/h5H,1,3H2,2H3. The van der Waals surface area contributed by atoms with E-state index < -0.39 is 12.4 Å². The molecule has 0 aliphatic heterocycles. The third kappa shape index (κ3) is 4.00. The average molecular weight is 150 g/mol. The molecular formula is C6H8F2O2. The molecule has 0 amide bonds. The number of carbonyl (C=O) groups excluding carboxylic acids is 1. The number of hydrogen-bond donors (Lipinski definition) is 0. The smallest absolute Gasteiger partial charge is 0.374 e. The summed E-state index contributed by atoms with van der Waals surface area (Å²) < 4.78 is 26.8. The Balaban J connectivity index is 3.50. The second kappa shape index (κ2) is 3.98. The zero-order valence-corrected chi connectivity index (χ0v) is 5.56. The molecule has 0 bridgehead atoms. The van der Waals surface area contributed by atoms with Crippen molar-refractivity contribution < 1.29 is 18.3 Å². The summed E-state index contributed by atoms with van der Waals surface area (Å²) in [6.45, 7) is 4.81. The summed E-state index contributed by atoms with van der Waals surface area (Å²) in [5, 5.41) is 0. The normalized spacial score (nSPS) is 9.60. The van der Waals surface area contributed by atoms with E-state index in [1.807, 2.05) is 0 Å². The fourth-order valence-corrected chi connectivity index (χ4v) is 0.257. The summed E-state index contributed by atoms with van der Waals surface area (Å²) in [5.41, 5.74) is 0.536. The van der Waals surface area contributed by atoms with Crippen LogP contribution in [-0.2, 0) is 9.53 Å². The minimum absolute atomic E-state index is 0.136. The summed E-state index contributed by atoms with van der Waals surface area (Å²) in [6.07, 6.45) is -3.04. The highest BCUT2D eigenvalue weighted by molar-refractivity contribution is 5.72. The molecule has 0 aromatic heterocycles. The Morgan fingerprint density at radius 1 is 1.70 bits per heavy atom. The number of rotatable bonds is 3. The molecule has 0 aliphatic carbocycles. The fourth-order valence-electron chi connectivity index (χ4n) is 0.257. The van der Waals surface area contributed by atoms with Gasteiger partial charge in [-0.2, -0.15) is 8.78 Å². The van der Waals surface area contributed by atoms with Crippen LogP contribution in [0.5, 0.6) is 0 Å². The van der Waals surface area contributed by atoms with Gasteiger partial charge in [0.25, 0.3) is 0 Å². The van der Waals surface area contributed by atoms with E-state index >= 15 is 0 Å². The van der Waals surface area contributed by atoms with Gasteiger partial charge in [-0.15, -0.1) is 0 Å². The molecule has 0 aromatic carbocycles. The molecule has 10 heavy (non-hydrogen) atoms. The molecule has 4 heteroatoms. The first kappa shape index (κ1) is 9.07. The van der Waals surface area contributed by atoms with Gasteiger partial charge in [0, 0.05) is 0 Å². The van der Waals surface area contributed by atoms with Crippen LogP contribution in [0.2, 0.25) is 0 Å². The summed E-state index contributed by atoms with van der Waals surface area (Å²) >= 11 is 0. The van der Waals surface area contributed by atoms with Gasteiger partial charge < -0.3 is 4.74 Å². The van der Waals surface area contributed by atoms with Crippen LogP contribution in [0, 0.1) is 0 Å². The molecule has 0 aromatic rings. The number of halogens is 2. The topological polar surface area (TPSA) is 26.3 Å². The van der Waals surface area contributed by atoms with Crippen LogP contribution in [0.15, 0.2) is 12.2 Å². The van der Waals surface area contributed by atoms with E-state index in [2.05, 4.69) is 11.3 Å². The van der Waals surface area contributed by atoms with Gasteiger partial charge in [0.15, 0.2) is 0 Å². The predicted molar refractivity (Wildman–Crippen MR) is 31.8 cm³/mol. The minimum atomic E-state index is -3.04. The summed E-state index contributed by atoms with van der Waals surface area (Å²) in [7, 11) is 0. The fraction of sp³-hybridized carbons (Fsp3) is 0.500. The number of hydrogen-bond acceptors (Lipinski definition) is 2. The minimum Gasteiger partial charge on any atom is -0.457 e. The molecule has 0 saturated carbocycles. The molecule has 0 N–H and O–H groups in total. The highest BCUT2D eigenvalue weighted by Crippen LogP contribution is 1.97. The van der Waals surface area contributed by atoms with Crippen molar-refractivity contribution >= 4 is 5.97 Å². The van der Waals surface area contributed by atoms with Gasteiger partial charge in [-0.25, -0.2) is 4.79 Å². The molecular weight excluding hydrogens is 142 g/mol. The van der Waals surface area contributed by atoms with Crippen LogP contribution in [0.25, 0.3) is 0 Å². The van der Waals surface area contributed by atoms with E-state index in [4.69, 9.17) is 0 Å². The van der Waals surface area contributed by atoms with Gasteiger partial charge in [-0.3, -0.25) is 0 Å². The van der Waals surface area contributed by atoms with E-state index in [9.17, 15) is 13.6 Å². The first-order chi connectivity index (χ1) is 4.54. The second-order valence-corrected chi connectivity index (χ2v) is 1.87. The molecule has 2 nitrogen and oxygen atoms in total. The maximum Gasteiger partial charge on any atom is 0.374 e. The van der Waals surface area contributed by atoms with Gasteiger partial charge in [-0.1, -0.05) is 6.58 Å². The third-order valence-corrected chi connectivity index (χ3v) is 0.639. The van der Waals surface area contributed by atoms with Crippen molar-refractivity contribution in [3.63, 3.8) is 0 Å². The lowest BCUT2D eigenvalue weighted by Crippen LogP contribution is -2.14. The number of carbonyl (C=O) groups is 1. The maximum atomic E-state index is 11.4. The van der Waals surface area contributed by atoms with E-state index in [1.54, 1.807) is 6.92 Å². The lowest BCUT2D eigenvalue weighted by atomic mass is 10.4. The molecule has 0 aliphatic rings. The SMILES string of the molecule is C=C(C)COC(=O)C(F)F. The zero-order chi connectivity index (χ0) is 8.15. The Labute approximate surface area is 57.5 Å². The third-order valence-electron chi connectivity index (χ3n) is 0.639. The maximum absolute atomic E-state index is 11.4. The summed E-state index contributed by atoms with van der Waals surface area (Å²) in [5.74, 6) is -1.50. The van der Waals surface area contributed by atoms with Crippen LogP contribution in [0.1, 0.15) is 6.92 Å². The Morgan fingerprint density at radius 2 is 2.20 bits per heavy atom. The van der Waals surface area contributed by atoms with Crippen molar-refractivity contribution in [1.29, 1.82) is 0 Å². The lowest BCUT2D eigenvalue weighted by molar-refractivity contribution is -0.155. The second-order valence-electron chi connectivity index (χ2n) is 1.87.